The first-order valence-corrected chi connectivity index (χ1v) is 10.2. The van der Waals surface area contributed by atoms with Gasteiger partial charge in [-0.05, 0) is 31.0 Å². The Balaban J connectivity index is 1.43. The number of hydrogen-bond donors (Lipinski definition) is 1. The molecular formula is C22H20N4O3S. The molecule has 0 aliphatic heterocycles. The number of benzene rings is 2. The van der Waals surface area contributed by atoms with E-state index < -0.39 is 0 Å². The van der Waals surface area contributed by atoms with Crippen LogP contribution in [-0.4, -0.2) is 28.4 Å². The van der Waals surface area contributed by atoms with Crippen molar-refractivity contribution in [1.82, 2.24) is 15.4 Å². The van der Waals surface area contributed by atoms with Gasteiger partial charge in [-0.15, -0.1) is 10.2 Å². The molecule has 4 aromatic rings. The van der Waals surface area contributed by atoms with E-state index in [1.165, 1.54) is 16.9 Å². The van der Waals surface area contributed by atoms with Crippen molar-refractivity contribution < 1.29 is 14.1 Å². The first kappa shape index (κ1) is 19.8. The second-order valence-corrected chi connectivity index (χ2v) is 7.69. The summed E-state index contributed by atoms with van der Waals surface area (Å²) in [5.74, 6) is 0.972. The summed E-state index contributed by atoms with van der Waals surface area (Å²) < 4.78 is 10.4. The summed E-state index contributed by atoms with van der Waals surface area (Å²) in [6.07, 6.45) is 1.57. The molecule has 7 nitrogen and oxygen atoms in total. The zero-order valence-corrected chi connectivity index (χ0v) is 17.4. The topological polar surface area (TPSA) is 90.1 Å². The fourth-order valence-electron chi connectivity index (χ4n) is 3.04. The number of methoxy groups -OCH3 is 1. The Kier molecular flexibility index (Phi) is 5.85. The molecule has 4 rings (SSSR count). The molecule has 0 aliphatic carbocycles. The average Bonchev–Trinajstić information content (AvgIpc) is 3.39. The molecule has 0 spiro atoms. The van der Waals surface area contributed by atoms with Gasteiger partial charge in [0.2, 0.25) is 5.13 Å². The zero-order valence-electron chi connectivity index (χ0n) is 16.6. The van der Waals surface area contributed by atoms with Crippen LogP contribution >= 0.6 is 11.3 Å². The van der Waals surface area contributed by atoms with E-state index in [9.17, 15) is 4.79 Å². The monoisotopic (exact) mass is 420 g/mol. The van der Waals surface area contributed by atoms with Crippen molar-refractivity contribution in [3.63, 3.8) is 0 Å². The van der Waals surface area contributed by atoms with Gasteiger partial charge in [-0.3, -0.25) is 10.1 Å². The van der Waals surface area contributed by atoms with Crippen LogP contribution in [0.5, 0.6) is 5.75 Å². The maximum Gasteiger partial charge on any atom is 0.263 e. The summed E-state index contributed by atoms with van der Waals surface area (Å²) in [5.41, 5.74) is 2.91. The van der Waals surface area contributed by atoms with Crippen LogP contribution in [0, 0.1) is 6.92 Å². The van der Waals surface area contributed by atoms with Gasteiger partial charge in [0.15, 0.2) is 0 Å². The minimum absolute atomic E-state index is 0.314. The van der Waals surface area contributed by atoms with Crippen molar-refractivity contribution in [2.75, 3.05) is 12.4 Å². The molecule has 2 aromatic heterocycles. The van der Waals surface area contributed by atoms with Gasteiger partial charge in [0.05, 0.1) is 7.11 Å². The number of carbonyl (C=O) groups excluding carboxylic acids is 1. The number of aryl methyl sites for hydroxylation is 3. The van der Waals surface area contributed by atoms with E-state index in [-0.39, 0.29) is 5.91 Å². The van der Waals surface area contributed by atoms with E-state index in [4.69, 9.17) is 9.26 Å². The summed E-state index contributed by atoms with van der Waals surface area (Å²) >= 11 is 1.36. The molecule has 30 heavy (non-hydrogen) atoms. The predicted molar refractivity (Wildman–Crippen MR) is 115 cm³/mol. The van der Waals surface area contributed by atoms with Crippen LogP contribution in [0.15, 0.2) is 59.1 Å². The fraction of sp³-hybridized carbons (Fsp3) is 0.182. The van der Waals surface area contributed by atoms with Crippen molar-refractivity contribution in [3.05, 3.63) is 76.5 Å². The van der Waals surface area contributed by atoms with Crippen LogP contribution in [0.1, 0.15) is 26.7 Å². The molecule has 0 radical (unpaired) electrons. The lowest BCUT2D eigenvalue weighted by atomic mass is 10.1. The second kappa shape index (κ2) is 8.87. The quantitative estimate of drug-likeness (QED) is 0.472. The Hall–Kier alpha value is -3.52. The third-order valence-corrected chi connectivity index (χ3v) is 5.51. The lowest BCUT2D eigenvalue weighted by Crippen LogP contribution is -2.13. The van der Waals surface area contributed by atoms with Crippen molar-refractivity contribution in [1.29, 1.82) is 0 Å². The molecule has 0 atom stereocenters. The van der Waals surface area contributed by atoms with E-state index in [0.29, 0.717) is 22.1 Å². The lowest BCUT2D eigenvalue weighted by Gasteiger charge is -2.02. The van der Waals surface area contributed by atoms with E-state index in [0.717, 1.165) is 29.2 Å². The number of hydrogen-bond acceptors (Lipinski definition) is 7. The highest BCUT2D eigenvalue weighted by molar-refractivity contribution is 7.15. The minimum atomic E-state index is -0.314. The maximum absolute atomic E-state index is 12.9. The van der Waals surface area contributed by atoms with Gasteiger partial charge in [-0.1, -0.05) is 59.0 Å². The minimum Gasteiger partial charge on any atom is -0.497 e. The van der Waals surface area contributed by atoms with Crippen molar-refractivity contribution >= 4 is 22.4 Å². The standard InChI is InChI=1S/C22H20N4O3S/c1-14-19(20(26-29-14)16-6-4-3-5-7-16)21(27)23-22-25-24-18(30-22)13-10-15-8-11-17(28-2)12-9-15/h3-9,11-12H,10,13H2,1-2H3,(H,23,25,27). The normalized spacial score (nSPS) is 10.7. The van der Waals surface area contributed by atoms with Crippen LogP contribution in [0.4, 0.5) is 5.13 Å². The summed E-state index contributed by atoms with van der Waals surface area (Å²) in [5, 5.41) is 16.5. The number of nitrogens with zero attached hydrogens (tertiary/aromatic N) is 3. The largest absolute Gasteiger partial charge is 0.497 e. The smallest absolute Gasteiger partial charge is 0.263 e. The Labute approximate surface area is 177 Å². The molecule has 0 saturated heterocycles. The number of amides is 1. The van der Waals surface area contributed by atoms with Crippen LogP contribution in [0.2, 0.25) is 0 Å². The van der Waals surface area contributed by atoms with Gasteiger partial charge >= 0.3 is 0 Å². The first-order chi connectivity index (χ1) is 14.6. The first-order valence-electron chi connectivity index (χ1n) is 9.42. The molecule has 0 aliphatic rings. The maximum atomic E-state index is 12.9. The van der Waals surface area contributed by atoms with E-state index in [2.05, 4.69) is 20.7 Å². The van der Waals surface area contributed by atoms with Crippen LogP contribution in [0.3, 0.4) is 0 Å². The summed E-state index contributed by atoms with van der Waals surface area (Å²) in [6, 6.07) is 17.4. The molecule has 8 heteroatoms. The Bertz CT molecular complexity index is 1140. The van der Waals surface area contributed by atoms with Gasteiger partial charge in [0.1, 0.15) is 27.8 Å². The Morgan fingerprint density at radius 1 is 1.07 bits per heavy atom. The lowest BCUT2D eigenvalue weighted by molar-refractivity contribution is 0.102. The molecule has 0 unspecified atom stereocenters. The molecule has 2 aromatic carbocycles. The second-order valence-electron chi connectivity index (χ2n) is 6.63. The predicted octanol–water partition coefficient (Wildman–Crippen LogP) is 4.55. The number of rotatable bonds is 7. The highest BCUT2D eigenvalue weighted by Gasteiger charge is 2.22. The van der Waals surface area contributed by atoms with Gasteiger partial charge in [0.25, 0.3) is 5.91 Å². The van der Waals surface area contributed by atoms with Crippen LogP contribution in [0.25, 0.3) is 11.3 Å². The molecule has 1 amide bonds. The highest BCUT2D eigenvalue weighted by atomic mass is 32.1. The number of nitrogens with one attached hydrogen (secondary N) is 1. The summed E-state index contributed by atoms with van der Waals surface area (Å²) in [4.78, 5) is 12.9. The number of anilines is 1. The number of aromatic nitrogens is 3. The molecule has 2 heterocycles. The molecule has 0 fully saturated rings. The van der Waals surface area contributed by atoms with E-state index in [1.807, 2.05) is 54.6 Å². The Morgan fingerprint density at radius 3 is 2.57 bits per heavy atom. The average molecular weight is 420 g/mol. The van der Waals surface area contributed by atoms with Crippen molar-refractivity contribution in [2.45, 2.75) is 19.8 Å². The van der Waals surface area contributed by atoms with Crippen LogP contribution < -0.4 is 10.1 Å². The van der Waals surface area contributed by atoms with Gasteiger partial charge in [-0.25, -0.2) is 0 Å². The molecule has 1 N–H and O–H groups in total. The van der Waals surface area contributed by atoms with Crippen molar-refractivity contribution in [2.24, 2.45) is 0 Å². The van der Waals surface area contributed by atoms with E-state index >= 15 is 0 Å². The van der Waals surface area contributed by atoms with Crippen molar-refractivity contribution in [3.8, 4) is 17.0 Å². The zero-order chi connectivity index (χ0) is 20.9. The molecule has 152 valence electrons. The van der Waals surface area contributed by atoms with Crippen LogP contribution in [-0.2, 0) is 12.8 Å². The fourth-order valence-corrected chi connectivity index (χ4v) is 3.78. The molecule has 0 saturated carbocycles. The third-order valence-electron chi connectivity index (χ3n) is 4.61. The third kappa shape index (κ3) is 4.38. The SMILES string of the molecule is COc1ccc(CCc2nnc(NC(=O)c3c(-c4ccccc4)noc3C)s2)cc1. The van der Waals surface area contributed by atoms with Gasteiger partial charge in [0, 0.05) is 12.0 Å². The van der Waals surface area contributed by atoms with E-state index in [1.54, 1.807) is 14.0 Å². The van der Waals surface area contributed by atoms with Gasteiger partial charge < -0.3 is 9.26 Å². The highest BCUT2D eigenvalue weighted by Crippen LogP contribution is 2.26. The molecular weight excluding hydrogens is 400 g/mol. The summed E-state index contributed by atoms with van der Waals surface area (Å²) in [7, 11) is 1.65. The Morgan fingerprint density at radius 2 is 1.83 bits per heavy atom. The molecule has 0 bridgehead atoms. The number of ether oxygens (including phenoxy) is 1. The summed E-state index contributed by atoms with van der Waals surface area (Å²) in [6.45, 7) is 1.72. The van der Waals surface area contributed by atoms with Gasteiger partial charge in [-0.2, -0.15) is 0 Å². The number of carbonyl (C=O) groups is 1.